The molecule has 49 heavy (non-hydrogen) atoms. The molecule has 0 spiro atoms. The lowest BCUT2D eigenvalue weighted by molar-refractivity contribution is -0.288. The Morgan fingerprint density at radius 2 is 1.10 bits per heavy atom. The van der Waals surface area contributed by atoms with E-state index >= 15 is 0 Å². The maximum atomic E-state index is 14.9. The van der Waals surface area contributed by atoms with Crippen LogP contribution < -0.4 is 9.47 Å². The molecule has 4 aromatic carbocycles. The van der Waals surface area contributed by atoms with Crippen LogP contribution in [0.15, 0.2) is 84.9 Å². The van der Waals surface area contributed by atoms with Crippen LogP contribution in [-0.4, -0.2) is 12.4 Å². The van der Waals surface area contributed by atoms with Gasteiger partial charge in [0.05, 0.1) is 17.2 Å². The number of ether oxygens (including phenoxy) is 2. The van der Waals surface area contributed by atoms with Gasteiger partial charge in [0.25, 0.3) is 0 Å². The average molecular weight is 679 g/mol. The molecule has 0 saturated carbocycles. The number of nitriles is 2. The summed E-state index contributed by atoms with van der Waals surface area (Å²) in [4.78, 5) is 0. The molecule has 10 heteroatoms. The van der Waals surface area contributed by atoms with Crippen LogP contribution in [0.3, 0.4) is 0 Å². The van der Waals surface area contributed by atoms with Crippen molar-refractivity contribution < 1.29 is 35.8 Å². The second-order valence-electron chi connectivity index (χ2n) is 12.7. The number of alkyl halides is 6. The molecule has 0 aliphatic rings. The van der Waals surface area contributed by atoms with Crippen molar-refractivity contribution in [1.82, 2.24) is 0 Å². The third-order valence-corrected chi connectivity index (χ3v) is 9.38. The molecule has 0 aromatic heterocycles. The van der Waals surface area contributed by atoms with Gasteiger partial charge >= 0.3 is 12.4 Å². The van der Waals surface area contributed by atoms with E-state index in [9.17, 15) is 36.9 Å². The van der Waals surface area contributed by atoms with Gasteiger partial charge < -0.3 is 9.47 Å². The Balaban J connectivity index is 1.76. The van der Waals surface area contributed by atoms with Gasteiger partial charge in [-0.3, -0.25) is 0 Å². The Morgan fingerprint density at radius 3 is 1.57 bits per heavy atom. The summed E-state index contributed by atoms with van der Waals surface area (Å²) in [5.74, 6) is 0.122. The zero-order valence-corrected chi connectivity index (χ0v) is 28.0. The van der Waals surface area contributed by atoms with Crippen LogP contribution in [0.5, 0.6) is 17.2 Å². The highest BCUT2D eigenvalue weighted by Gasteiger charge is 2.72. The first-order valence-electron chi connectivity index (χ1n) is 15.6. The van der Waals surface area contributed by atoms with E-state index in [1.807, 2.05) is 20.8 Å². The highest BCUT2D eigenvalue weighted by Crippen LogP contribution is 2.56. The van der Waals surface area contributed by atoms with E-state index in [0.29, 0.717) is 35.1 Å². The van der Waals surface area contributed by atoms with Crippen molar-refractivity contribution in [3.63, 3.8) is 0 Å². The third kappa shape index (κ3) is 6.70. The minimum Gasteiger partial charge on any atom is -0.483 e. The van der Waals surface area contributed by atoms with Gasteiger partial charge in [0, 0.05) is 5.56 Å². The van der Waals surface area contributed by atoms with E-state index in [1.165, 1.54) is 6.07 Å². The SMILES string of the molecule is CCC(C)(C)c1cccc(Oc2ccc(C(c3ccc(OC(C)(CC)c4cccc(C)c4C#N)cc3)(C(F)(F)F)C(F)(F)F)cc2)c1C#N. The van der Waals surface area contributed by atoms with Crippen molar-refractivity contribution in [2.24, 2.45) is 0 Å². The molecule has 0 fully saturated rings. The second-order valence-corrected chi connectivity index (χ2v) is 12.7. The molecule has 1 atom stereocenters. The fourth-order valence-corrected chi connectivity index (χ4v) is 5.98. The predicted octanol–water partition coefficient (Wildman–Crippen LogP) is 11.3. The van der Waals surface area contributed by atoms with Crippen LogP contribution in [0.25, 0.3) is 0 Å². The quantitative estimate of drug-likeness (QED) is 0.157. The van der Waals surface area contributed by atoms with Gasteiger partial charge in [0.2, 0.25) is 5.41 Å². The van der Waals surface area contributed by atoms with Crippen molar-refractivity contribution in [2.45, 2.75) is 83.2 Å². The first-order valence-corrected chi connectivity index (χ1v) is 15.6. The predicted molar refractivity (Wildman–Crippen MR) is 174 cm³/mol. The smallest absolute Gasteiger partial charge is 0.411 e. The highest BCUT2D eigenvalue weighted by atomic mass is 19.4. The lowest BCUT2D eigenvalue weighted by Gasteiger charge is -2.38. The Labute approximate surface area is 282 Å². The van der Waals surface area contributed by atoms with Crippen LogP contribution in [0.2, 0.25) is 0 Å². The standard InChI is InChI=1S/C39H36F6N2O2/c1-7-35(4,5)32-12-10-14-34(31(32)24-47)48-28-19-15-26(16-20-28)37(38(40,41)42,39(43,44)45)27-17-21-29(22-18-27)49-36(6,8-2)33-13-9-11-25(3)30(33)23-46/h9-22H,7-8H2,1-6H3. The fraction of sp³-hybridized carbons (Fsp3) is 0.333. The van der Waals surface area contributed by atoms with Gasteiger partial charge in [-0.25, -0.2) is 0 Å². The van der Waals surface area contributed by atoms with E-state index in [2.05, 4.69) is 12.1 Å². The molecule has 0 saturated heterocycles. The topological polar surface area (TPSA) is 66.0 Å². The molecule has 0 N–H and O–H groups in total. The maximum absolute atomic E-state index is 14.9. The van der Waals surface area contributed by atoms with Gasteiger partial charge in [-0.2, -0.15) is 36.9 Å². The summed E-state index contributed by atoms with van der Waals surface area (Å²) >= 11 is 0. The fourth-order valence-electron chi connectivity index (χ4n) is 5.98. The van der Waals surface area contributed by atoms with E-state index in [1.54, 1.807) is 51.1 Å². The number of nitrogens with zero attached hydrogens (tertiary/aromatic N) is 2. The van der Waals surface area contributed by atoms with Gasteiger partial charge in [0.1, 0.15) is 28.9 Å². The number of hydrogen-bond donors (Lipinski definition) is 0. The lowest BCUT2D eigenvalue weighted by Crippen LogP contribution is -2.54. The first-order chi connectivity index (χ1) is 22.9. The maximum Gasteiger partial charge on any atom is 0.411 e. The second kappa shape index (κ2) is 13.5. The zero-order valence-electron chi connectivity index (χ0n) is 28.0. The van der Waals surface area contributed by atoms with Gasteiger partial charge in [0.15, 0.2) is 0 Å². The Kier molecular flexibility index (Phi) is 10.2. The molecular formula is C39H36F6N2O2. The molecule has 0 aliphatic heterocycles. The molecular weight excluding hydrogens is 642 g/mol. The molecule has 1 unspecified atom stereocenters. The molecule has 0 radical (unpaired) electrons. The summed E-state index contributed by atoms with van der Waals surface area (Å²) < 4.78 is 101. The molecule has 256 valence electrons. The van der Waals surface area contributed by atoms with Crippen molar-refractivity contribution >= 4 is 0 Å². The minimum absolute atomic E-state index is 0.0299. The minimum atomic E-state index is -5.80. The largest absolute Gasteiger partial charge is 0.483 e. The number of aryl methyl sites for hydroxylation is 1. The molecule has 4 aromatic rings. The average Bonchev–Trinajstić information content (AvgIpc) is 3.05. The van der Waals surface area contributed by atoms with Crippen LogP contribution in [0.1, 0.15) is 86.4 Å². The number of halogens is 6. The molecule has 4 nitrogen and oxygen atoms in total. The van der Waals surface area contributed by atoms with Crippen LogP contribution in [-0.2, 0) is 16.4 Å². The summed E-state index contributed by atoms with van der Waals surface area (Å²) in [5, 5.41) is 19.6. The summed E-state index contributed by atoms with van der Waals surface area (Å²) in [6.07, 6.45) is -10.5. The van der Waals surface area contributed by atoms with Gasteiger partial charge in [-0.1, -0.05) is 82.3 Å². The summed E-state index contributed by atoms with van der Waals surface area (Å²) in [6, 6.07) is 21.7. The Hall–Kier alpha value is -4.96. The Bertz CT molecular complexity index is 1870. The van der Waals surface area contributed by atoms with E-state index in [4.69, 9.17) is 9.47 Å². The molecule has 0 amide bonds. The monoisotopic (exact) mass is 678 g/mol. The molecule has 0 aliphatic carbocycles. The van der Waals surface area contributed by atoms with Crippen molar-refractivity contribution in [2.75, 3.05) is 0 Å². The summed E-state index contributed by atoms with van der Waals surface area (Å²) in [7, 11) is 0. The highest BCUT2D eigenvalue weighted by molar-refractivity contribution is 5.54. The van der Waals surface area contributed by atoms with Crippen LogP contribution in [0.4, 0.5) is 26.3 Å². The Morgan fingerprint density at radius 1 is 0.612 bits per heavy atom. The van der Waals surface area contributed by atoms with Crippen molar-refractivity contribution in [3.05, 3.63) is 124 Å². The van der Waals surface area contributed by atoms with Gasteiger partial charge in [-0.05, 0) is 84.7 Å². The summed E-state index contributed by atoms with van der Waals surface area (Å²) in [5.41, 5.74) is -5.43. The van der Waals surface area contributed by atoms with Crippen molar-refractivity contribution in [1.29, 1.82) is 10.5 Å². The molecule has 4 rings (SSSR count). The first kappa shape index (κ1) is 36.9. The summed E-state index contributed by atoms with van der Waals surface area (Å²) in [6.45, 7) is 11.1. The zero-order chi connectivity index (χ0) is 36.4. The number of benzene rings is 4. The number of rotatable bonds is 10. The van der Waals surface area contributed by atoms with E-state index in [0.717, 1.165) is 48.5 Å². The normalized spacial score (nSPS) is 13.6. The third-order valence-electron chi connectivity index (χ3n) is 9.38. The van der Waals surface area contributed by atoms with E-state index < -0.39 is 34.5 Å². The van der Waals surface area contributed by atoms with Gasteiger partial charge in [-0.15, -0.1) is 0 Å². The molecule has 0 bridgehead atoms. The lowest BCUT2D eigenvalue weighted by atomic mass is 9.73. The van der Waals surface area contributed by atoms with E-state index in [-0.39, 0.29) is 28.2 Å². The van der Waals surface area contributed by atoms with Crippen molar-refractivity contribution in [3.8, 4) is 29.4 Å². The molecule has 0 heterocycles. The van der Waals surface area contributed by atoms with Crippen LogP contribution in [0, 0.1) is 29.6 Å². The van der Waals surface area contributed by atoms with Crippen LogP contribution >= 0.6 is 0 Å². The number of hydrogen-bond acceptors (Lipinski definition) is 4.